The van der Waals surface area contributed by atoms with Crippen LogP contribution in [0.1, 0.15) is 141 Å². The Bertz CT molecular complexity index is 2440. The third kappa shape index (κ3) is 14.0. The van der Waals surface area contributed by atoms with Gasteiger partial charge in [-0.05, 0) is 98.3 Å². The largest absolute Gasteiger partial charge is 0.461 e. The molecule has 10 saturated heterocycles. The molecule has 1 spiro atoms. The van der Waals surface area contributed by atoms with Crippen molar-refractivity contribution in [3.63, 3.8) is 0 Å². The average Bonchev–Trinajstić information content (AvgIpc) is 4.06. The lowest BCUT2D eigenvalue weighted by atomic mass is 9.81. The van der Waals surface area contributed by atoms with Gasteiger partial charge in [0.15, 0.2) is 11.6 Å². The highest BCUT2D eigenvalue weighted by Crippen LogP contribution is 2.54. The van der Waals surface area contributed by atoms with Gasteiger partial charge in [-0.25, -0.2) is 4.79 Å². The number of benzene rings is 1. The lowest BCUT2D eigenvalue weighted by Crippen LogP contribution is -2.61. The van der Waals surface area contributed by atoms with Gasteiger partial charge in [0, 0.05) is 70.9 Å². The summed E-state index contributed by atoms with van der Waals surface area (Å²) in [7, 11) is 1.61. The monoisotopic (exact) mass is 1130 g/mol. The maximum Gasteiger partial charge on any atom is 0.312 e. The number of fused-ring (bicyclic) bond motifs is 6. The Morgan fingerprint density at radius 1 is 0.802 bits per heavy atom. The van der Waals surface area contributed by atoms with E-state index in [1.54, 1.807) is 31.4 Å². The molecular weight excluding hydrogens is 1040 g/mol. The summed E-state index contributed by atoms with van der Waals surface area (Å²) < 4.78 is 66.4. The molecule has 20 heteroatoms. The van der Waals surface area contributed by atoms with Crippen LogP contribution < -0.4 is 22.1 Å². The first-order valence-corrected chi connectivity index (χ1v) is 30.0. The van der Waals surface area contributed by atoms with Gasteiger partial charge in [0.2, 0.25) is 5.91 Å². The van der Waals surface area contributed by atoms with E-state index < -0.39 is 72.4 Å². The zero-order valence-electron chi connectivity index (χ0n) is 47.7. The molecule has 0 aromatic heterocycles. The minimum atomic E-state index is -0.948. The topological polar surface area (TPSA) is 274 Å². The summed E-state index contributed by atoms with van der Waals surface area (Å²) in [5, 5.41) is 16.8. The van der Waals surface area contributed by atoms with Crippen LogP contribution in [-0.2, 0) is 79.6 Å². The number of aliphatic hydroxyl groups excluding tert-OH is 1. The third-order valence-electron chi connectivity index (χ3n) is 18.9. The van der Waals surface area contributed by atoms with E-state index in [2.05, 4.69) is 30.7 Å². The van der Waals surface area contributed by atoms with Crippen LogP contribution in [0.2, 0.25) is 0 Å². The lowest BCUT2D eigenvalue weighted by molar-refractivity contribution is -0.292. The molecule has 6 unspecified atom stereocenters. The van der Waals surface area contributed by atoms with Crippen LogP contribution >= 0.6 is 0 Å². The van der Waals surface area contributed by atoms with Gasteiger partial charge in [0.1, 0.15) is 42.9 Å². The van der Waals surface area contributed by atoms with Crippen molar-refractivity contribution in [2.45, 2.75) is 258 Å². The fourth-order valence-electron chi connectivity index (χ4n) is 14.3. The number of aliphatic hydroxyl groups is 1. The number of Topliss-reactive ketones (excluding diaryl/α,β-unsaturated/α-hetero) is 2. The van der Waals surface area contributed by atoms with Gasteiger partial charge in [-0.15, -0.1) is 0 Å². The van der Waals surface area contributed by atoms with E-state index in [9.17, 15) is 29.1 Å². The Morgan fingerprint density at radius 3 is 2.28 bits per heavy atom. The molecule has 10 heterocycles. The van der Waals surface area contributed by atoms with Crippen LogP contribution in [0.25, 0.3) is 0 Å². The highest BCUT2D eigenvalue weighted by Gasteiger charge is 2.69. The van der Waals surface area contributed by atoms with Gasteiger partial charge in [-0.2, -0.15) is 0 Å². The minimum Gasteiger partial charge on any atom is -0.461 e. The Labute approximate surface area is 476 Å². The van der Waals surface area contributed by atoms with Crippen molar-refractivity contribution in [2.75, 3.05) is 13.7 Å². The summed E-state index contributed by atoms with van der Waals surface area (Å²) in [6, 6.07) is 4.79. The molecule has 21 atom stereocenters. The van der Waals surface area contributed by atoms with Crippen LogP contribution in [0.15, 0.2) is 48.6 Å². The zero-order chi connectivity index (χ0) is 57.3. The molecule has 10 fully saturated rings. The second kappa shape index (κ2) is 26.0. The normalized spacial score (nSPS) is 38.4. The number of primary amides is 1. The molecule has 1 aromatic carbocycles. The van der Waals surface area contributed by atoms with Crippen molar-refractivity contribution in [3.05, 3.63) is 59.7 Å². The standard InChI is InChI=1S/C61H88N4O16/c1-31(2)52(62)59(70)65-43(8-7-21-64-60(63)71)44(68)24-35-9-11-36(12-10-35)30-73-51(69)18-13-37(66)27-49-53(72-6)42-26-38(67)25-40-15-17-46-54(76-40)58-57-56(78-46)55-50(79-57)29-61(80-55,81-58)20-19-41-23-33(4)45(74-41)16-14-39-22-32(3)34(5)47(75-39)28-48(42)77-49/h9-12,31-32,37,39-43,45-50,52-58,66H,4-5,7-8,13-30,62H2,1-3,6H3,(H,65,70)(H3,63,64,71)/t32?,37-,39+,40?,41+,42+,43+,45?,46+,47?,48+,49-,50?,52+,53-,54+,55?,56+,57-,58+,61+/m1/s1. The predicted molar refractivity (Wildman–Crippen MR) is 293 cm³/mol. The summed E-state index contributed by atoms with van der Waals surface area (Å²) >= 11 is 0. The smallest absolute Gasteiger partial charge is 0.312 e. The van der Waals surface area contributed by atoms with Crippen LogP contribution in [-0.4, -0.2) is 164 Å². The summed E-state index contributed by atoms with van der Waals surface area (Å²) in [6.07, 6.45) is 3.10. The molecule has 3 amide bonds. The first-order chi connectivity index (χ1) is 38.8. The summed E-state index contributed by atoms with van der Waals surface area (Å²) in [6.45, 7) is 15.0. The molecular formula is C61H88N4O16. The van der Waals surface area contributed by atoms with Crippen LogP contribution in [0, 0.1) is 17.8 Å². The molecule has 7 N–H and O–H groups in total. The second-order valence-electron chi connectivity index (χ2n) is 25.1. The summed E-state index contributed by atoms with van der Waals surface area (Å²) in [4.78, 5) is 65.0. The summed E-state index contributed by atoms with van der Waals surface area (Å²) in [5.74, 6) is -2.26. The molecule has 0 aliphatic carbocycles. The second-order valence-corrected chi connectivity index (χ2v) is 25.1. The molecule has 0 saturated carbocycles. The van der Waals surface area contributed by atoms with Gasteiger partial charge in [0.05, 0.1) is 79.2 Å². The van der Waals surface area contributed by atoms with Crippen LogP contribution in [0.3, 0.4) is 0 Å². The van der Waals surface area contributed by atoms with Crippen molar-refractivity contribution < 1.29 is 76.4 Å². The van der Waals surface area contributed by atoms with Gasteiger partial charge >= 0.3 is 12.0 Å². The van der Waals surface area contributed by atoms with Gasteiger partial charge in [-0.1, -0.05) is 58.2 Å². The number of rotatable bonds is 18. The van der Waals surface area contributed by atoms with Crippen LogP contribution in [0.4, 0.5) is 4.79 Å². The van der Waals surface area contributed by atoms with Gasteiger partial charge in [-0.3, -0.25) is 19.2 Å². The number of nitrogens with two attached hydrogens (primary N) is 2. The van der Waals surface area contributed by atoms with Crippen molar-refractivity contribution in [1.29, 1.82) is 0 Å². The molecule has 12 bridgehead atoms. The molecule has 0 radical (unpaired) electrons. The quantitative estimate of drug-likeness (QED) is 0.0732. The SMILES string of the molecule is C=C1C[C@@H]2CC[C@@]34CC5O[C@H]6[C@@H](O3)[C@H]3OC(CC[C@@H]3O[C@H]6C5O4)CC(=O)C[C@@H]3[C@@H](OC)[C@@H](C[C@H](O)CCC(=O)OCc4ccc(CC(=O)[C@H](CCCNC(N)=O)NC(=O)[C@@H](N)C(C)C)cc4)O[C@H]3CC3O[C@@H](CCC1O2)CC(C)C3=C. The number of hydrogen-bond acceptors (Lipinski definition) is 17. The van der Waals surface area contributed by atoms with Gasteiger partial charge in [0.25, 0.3) is 0 Å². The first kappa shape index (κ1) is 60.0. The highest BCUT2D eigenvalue weighted by molar-refractivity contribution is 5.92. The number of carbonyl (C=O) groups excluding carboxylic acids is 5. The van der Waals surface area contributed by atoms with E-state index in [0.717, 1.165) is 49.7 Å². The fourth-order valence-corrected chi connectivity index (χ4v) is 14.3. The van der Waals surface area contributed by atoms with E-state index in [4.69, 9.17) is 58.8 Å². The number of amides is 3. The number of methoxy groups -OCH3 is 1. The van der Waals surface area contributed by atoms with E-state index in [-0.39, 0.29) is 148 Å². The Kier molecular flexibility index (Phi) is 19.2. The molecule has 10 aliphatic rings. The number of ketones is 2. The van der Waals surface area contributed by atoms with Crippen molar-refractivity contribution in [2.24, 2.45) is 29.2 Å². The van der Waals surface area contributed by atoms with Gasteiger partial charge < -0.3 is 74.6 Å². The molecule has 81 heavy (non-hydrogen) atoms. The van der Waals surface area contributed by atoms with E-state index in [1.807, 2.05) is 13.8 Å². The minimum absolute atomic E-state index is 0.00555. The van der Waals surface area contributed by atoms with Crippen LogP contribution in [0.5, 0.6) is 0 Å². The van der Waals surface area contributed by atoms with Crippen molar-refractivity contribution >= 4 is 29.5 Å². The molecule has 1 aromatic rings. The number of hydrogen-bond donors (Lipinski definition) is 5. The Morgan fingerprint density at radius 2 is 1.52 bits per heavy atom. The predicted octanol–water partition coefficient (Wildman–Crippen LogP) is 5.03. The number of esters is 1. The Hall–Kier alpha value is -4.19. The summed E-state index contributed by atoms with van der Waals surface area (Å²) in [5.41, 5.74) is 14.7. The number of ether oxygens (including phenoxy) is 10. The van der Waals surface area contributed by atoms with E-state index in [1.165, 1.54) is 0 Å². The molecule has 448 valence electrons. The molecule has 11 rings (SSSR count). The Balaban J connectivity index is 0.762. The lowest BCUT2D eigenvalue weighted by Gasteiger charge is -2.47. The average molecular weight is 1130 g/mol. The molecule has 20 nitrogen and oxygen atoms in total. The zero-order valence-corrected chi connectivity index (χ0v) is 47.7. The number of carbonyl (C=O) groups is 5. The first-order valence-electron chi connectivity index (χ1n) is 30.0. The molecule has 10 aliphatic heterocycles. The van der Waals surface area contributed by atoms with E-state index in [0.29, 0.717) is 43.2 Å². The maximum atomic E-state index is 14.5. The van der Waals surface area contributed by atoms with E-state index >= 15 is 0 Å². The van der Waals surface area contributed by atoms with Crippen molar-refractivity contribution in [1.82, 2.24) is 10.6 Å². The maximum absolute atomic E-state index is 14.5. The fraction of sp³-hybridized carbons (Fsp3) is 0.754. The number of urea groups is 1. The highest BCUT2D eigenvalue weighted by atomic mass is 16.8. The number of nitrogens with one attached hydrogen (secondary N) is 2. The third-order valence-corrected chi connectivity index (χ3v) is 18.9. The van der Waals surface area contributed by atoms with Crippen molar-refractivity contribution in [3.8, 4) is 0 Å².